The van der Waals surface area contributed by atoms with Crippen molar-refractivity contribution in [1.82, 2.24) is 9.91 Å². The molecule has 0 radical (unpaired) electrons. The van der Waals surface area contributed by atoms with Crippen LogP contribution in [0.4, 0.5) is 0 Å². The highest BCUT2D eigenvalue weighted by Crippen LogP contribution is 2.37. The second kappa shape index (κ2) is 6.97. The Morgan fingerprint density at radius 3 is 2.58 bits per heavy atom. The Bertz CT molecular complexity index is 740. The molecule has 0 aromatic heterocycles. The topological polar surface area (TPSA) is 71.4 Å². The van der Waals surface area contributed by atoms with Crippen molar-refractivity contribution in [3.63, 3.8) is 0 Å². The van der Waals surface area contributed by atoms with Crippen LogP contribution >= 0.6 is 0 Å². The van der Waals surface area contributed by atoms with Crippen LogP contribution in [-0.4, -0.2) is 54.2 Å². The van der Waals surface area contributed by atoms with Gasteiger partial charge in [0.2, 0.25) is 11.8 Å². The zero-order chi connectivity index (χ0) is 18.1. The molecular formula is C19H23N3O4. The number of hydrazone groups is 1. The fraction of sp³-hybridized carbons (Fsp3) is 0.526. The van der Waals surface area contributed by atoms with Gasteiger partial charge in [0, 0.05) is 38.6 Å². The maximum atomic E-state index is 13.0. The van der Waals surface area contributed by atoms with E-state index in [0.29, 0.717) is 45.6 Å². The van der Waals surface area contributed by atoms with Gasteiger partial charge in [-0.05, 0) is 30.5 Å². The van der Waals surface area contributed by atoms with Crippen LogP contribution < -0.4 is 9.47 Å². The number of nitrogens with zero attached hydrogens (tertiary/aromatic N) is 3. The largest absolute Gasteiger partial charge is 0.486 e. The predicted molar refractivity (Wildman–Crippen MR) is 95.1 cm³/mol. The van der Waals surface area contributed by atoms with Crippen molar-refractivity contribution >= 4 is 18.0 Å². The maximum Gasteiger partial charge on any atom is 0.246 e. The fourth-order valence-electron chi connectivity index (χ4n) is 3.80. The van der Waals surface area contributed by atoms with Gasteiger partial charge in [-0.25, -0.2) is 5.01 Å². The Kier molecular flexibility index (Phi) is 4.53. The summed E-state index contributed by atoms with van der Waals surface area (Å²) in [7, 11) is 0. The highest BCUT2D eigenvalue weighted by molar-refractivity contribution is 5.82. The molecule has 3 aliphatic heterocycles. The summed E-state index contributed by atoms with van der Waals surface area (Å²) in [6, 6.07) is 5.72. The van der Waals surface area contributed by atoms with Crippen LogP contribution in [0.25, 0.3) is 0 Å². The van der Waals surface area contributed by atoms with Gasteiger partial charge in [0.15, 0.2) is 11.5 Å². The van der Waals surface area contributed by atoms with Crippen LogP contribution in [-0.2, 0) is 9.59 Å². The van der Waals surface area contributed by atoms with Crippen LogP contribution in [0.1, 0.15) is 37.8 Å². The van der Waals surface area contributed by atoms with E-state index in [0.717, 1.165) is 17.1 Å². The molecule has 1 unspecified atom stereocenters. The molecule has 7 nitrogen and oxygen atoms in total. The minimum Gasteiger partial charge on any atom is -0.486 e. The highest BCUT2D eigenvalue weighted by Gasteiger charge is 2.35. The molecule has 3 heterocycles. The first kappa shape index (κ1) is 16.9. The molecule has 26 heavy (non-hydrogen) atoms. The molecular weight excluding hydrogens is 334 g/mol. The van der Waals surface area contributed by atoms with Gasteiger partial charge < -0.3 is 14.4 Å². The fourth-order valence-corrected chi connectivity index (χ4v) is 3.80. The van der Waals surface area contributed by atoms with E-state index >= 15 is 0 Å². The minimum absolute atomic E-state index is 0.0434. The van der Waals surface area contributed by atoms with Crippen molar-refractivity contribution < 1.29 is 19.1 Å². The lowest BCUT2D eigenvalue weighted by Gasteiger charge is -2.33. The molecule has 0 spiro atoms. The molecule has 138 valence electrons. The molecule has 2 amide bonds. The van der Waals surface area contributed by atoms with Gasteiger partial charge in [-0.3, -0.25) is 9.59 Å². The Morgan fingerprint density at radius 2 is 1.85 bits per heavy atom. The number of likely N-dealkylation sites (tertiary alicyclic amines) is 1. The van der Waals surface area contributed by atoms with E-state index in [-0.39, 0.29) is 23.8 Å². The lowest BCUT2D eigenvalue weighted by molar-refractivity contribution is -0.141. The predicted octanol–water partition coefficient (Wildman–Crippen LogP) is 1.98. The van der Waals surface area contributed by atoms with Gasteiger partial charge >= 0.3 is 0 Å². The summed E-state index contributed by atoms with van der Waals surface area (Å²) < 4.78 is 11.2. The summed E-state index contributed by atoms with van der Waals surface area (Å²) >= 11 is 0. The average molecular weight is 357 g/mol. The van der Waals surface area contributed by atoms with Crippen LogP contribution in [0.2, 0.25) is 0 Å². The number of amides is 2. The van der Waals surface area contributed by atoms with Gasteiger partial charge in [-0.15, -0.1) is 0 Å². The Hall–Kier alpha value is -2.57. The second-order valence-electron chi connectivity index (χ2n) is 6.92. The number of piperidine rings is 1. The molecule has 1 aromatic carbocycles. The molecule has 1 saturated heterocycles. The quantitative estimate of drug-likeness (QED) is 0.811. The van der Waals surface area contributed by atoms with Gasteiger partial charge in [0.05, 0.1) is 6.04 Å². The summed E-state index contributed by atoms with van der Waals surface area (Å²) in [5.74, 6) is 1.50. The molecule has 1 fully saturated rings. The molecule has 1 atom stereocenters. The number of benzene rings is 1. The summed E-state index contributed by atoms with van der Waals surface area (Å²) in [6.45, 7) is 3.94. The van der Waals surface area contributed by atoms with Crippen molar-refractivity contribution in [2.24, 2.45) is 11.0 Å². The van der Waals surface area contributed by atoms with Crippen molar-refractivity contribution in [2.75, 3.05) is 26.3 Å². The minimum atomic E-state index is -0.107. The summed E-state index contributed by atoms with van der Waals surface area (Å²) in [6.07, 6.45) is 3.87. The SMILES string of the molecule is CC(=O)N1CCC(C(=O)N2N=CCC2c2ccc3c(c2)OCCO3)CC1. The molecule has 0 aliphatic carbocycles. The van der Waals surface area contributed by atoms with Crippen LogP contribution in [0.5, 0.6) is 11.5 Å². The average Bonchev–Trinajstić information content (AvgIpc) is 3.17. The summed E-state index contributed by atoms with van der Waals surface area (Å²) in [5.41, 5.74) is 1.00. The summed E-state index contributed by atoms with van der Waals surface area (Å²) in [4.78, 5) is 26.3. The third-order valence-corrected chi connectivity index (χ3v) is 5.30. The first-order chi connectivity index (χ1) is 12.6. The smallest absolute Gasteiger partial charge is 0.246 e. The van der Waals surface area contributed by atoms with Gasteiger partial charge in [-0.2, -0.15) is 5.10 Å². The molecule has 0 N–H and O–H groups in total. The number of ether oxygens (including phenoxy) is 2. The molecule has 1 aromatic rings. The third kappa shape index (κ3) is 3.13. The Morgan fingerprint density at radius 1 is 1.12 bits per heavy atom. The van der Waals surface area contributed by atoms with Gasteiger partial charge in [-0.1, -0.05) is 6.07 Å². The van der Waals surface area contributed by atoms with Crippen molar-refractivity contribution in [1.29, 1.82) is 0 Å². The Balaban J connectivity index is 1.47. The van der Waals surface area contributed by atoms with E-state index in [9.17, 15) is 9.59 Å². The maximum absolute atomic E-state index is 13.0. The number of fused-ring (bicyclic) bond motifs is 1. The van der Waals surface area contributed by atoms with E-state index < -0.39 is 0 Å². The highest BCUT2D eigenvalue weighted by atomic mass is 16.6. The normalized spacial score (nSPS) is 22.6. The van der Waals surface area contributed by atoms with E-state index in [4.69, 9.17) is 9.47 Å². The standard InChI is InChI=1S/C19H23N3O4/c1-13(23)21-8-5-14(6-9-21)19(24)22-16(4-7-20-22)15-2-3-17-18(12-15)26-11-10-25-17/h2-3,7,12,14,16H,4-6,8-11H2,1H3. The molecule has 0 bridgehead atoms. The molecule has 4 rings (SSSR count). The zero-order valence-electron chi connectivity index (χ0n) is 14.9. The third-order valence-electron chi connectivity index (χ3n) is 5.30. The van der Waals surface area contributed by atoms with Crippen molar-refractivity contribution in [2.45, 2.75) is 32.2 Å². The van der Waals surface area contributed by atoms with Crippen molar-refractivity contribution in [3.05, 3.63) is 23.8 Å². The zero-order valence-corrected chi connectivity index (χ0v) is 14.9. The van der Waals surface area contributed by atoms with E-state index in [1.165, 1.54) is 0 Å². The van der Waals surface area contributed by atoms with E-state index in [2.05, 4.69) is 5.10 Å². The second-order valence-corrected chi connectivity index (χ2v) is 6.92. The molecule has 7 heteroatoms. The van der Waals surface area contributed by atoms with Crippen molar-refractivity contribution in [3.8, 4) is 11.5 Å². The lowest BCUT2D eigenvalue weighted by atomic mass is 9.94. The molecule has 3 aliphatic rings. The first-order valence-electron chi connectivity index (χ1n) is 9.14. The lowest BCUT2D eigenvalue weighted by Crippen LogP contribution is -2.42. The van der Waals surface area contributed by atoms with Gasteiger partial charge in [0.25, 0.3) is 0 Å². The number of hydrogen-bond donors (Lipinski definition) is 0. The van der Waals surface area contributed by atoms with E-state index in [1.807, 2.05) is 18.2 Å². The van der Waals surface area contributed by atoms with Crippen LogP contribution in [0, 0.1) is 5.92 Å². The number of carbonyl (C=O) groups excluding carboxylic acids is 2. The van der Waals surface area contributed by atoms with E-state index in [1.54, 1.807) is 23.0 Å². The monoisotopic (exact) mass is 357 g/mol. The first-order valence-corrected chi connectivity index (χ1v) is 9.14. The number of carbonyl (C=O) groups is 2. The Labute approximate surface area is 152 Å². The summed E-state index contributed by atoms with van der Waals surface area (Å²) in [5, 5.41) is 5.95. The number of rotatable bonds is 2. The van der Waals surface area contributed by atoms with Crippen LogP contribution in [0.3, 0.4) is 0 Å². The number of hydrogen-bond acceptors (Lipinski definition) is 5. The van der Waals surface area contributed by atoms with Gasteiger partial charge in [0.1, 0.15) is 13.2 Å². The molecule has 0 saturated carbocycles. The van der Waals surface area contributed by atoms with Crippen LogP contribution in [0.15, 0.2) is 23.3 Å².